The number of hydrogen-bond donors (Lipinski definition) is 0. The van der Waals surface area contributed by atoms with Gasteiger partial charge in [-0.1, -0.05) is 23.7 Å². The van der Waals surface area contributed by atoms with Crippen LogP contribution in [0.3, 0.4) is 0 Å². The van der Waals surface area contributed by atoms with Gasteiger partial charge in [-0.25, -0.2) is 4.79 Å². The molecular weight excluding hydrogens is 294 g/mol. The second-order valence-corrected chi connectivity index (χ2v) is 5.98. The SMILES string of the molecule is COC(=O)CN(Cc1ccc(Cl)cc1)C(=O)OC(C)(C)C. The van der Waals surface area contributed by atoms with Crippen LogP contribution >= 0.6 is 11.6 Å². The maximum absolute atomic E-state index is 12.2. The summed E-state index contributed by atoms with van der Waals surface area (Å²) in [5, 5.41) is 0.607. The van der Waals surface area contributed by atoms with E-state index in [1.165, 1.54) is 12.0 Å². The fourth-order valence-corrected chi connectivity index (χ4v) is 1.67. The third-order valence-electron chi connectivity index (χ3n) is 2.49. The van der Waals surface area contributed by atoms with Crippen LogP contribution in [0.2, 0.25) is 5.02 Å². The van der Waals surface area contributed by atoms with E-state index in [1.54, 1.807) is 45.0 Å². The topological polar surface area (TPSA) is 55.8 Å². The predicted octanol–water partition coefficient (Wildman–Crippen LogP) is 3.25. The van der Waals surface area contributed by atoms with Crippen molar-refractivity contribution in [2.75, 3.05) is 13.7 Å². The van der Waals surface area contributed by atoms with Crippen molar-refractivity contribution in [3.63, 3.8) is 0 Å². The average Bonchev–Trinajstić information content (AvgIpc) is 2.38. The Hall–Kier alpha value is -1.75. The zero-order valence-electron chi connectivity index (χ0n) is 12.7. The molecular formula is C15H20ClNO4. The molecule has 0 aliphatic heterocycles. The first-order valence-electron chi connectivity index (χ1n) is 6.50. The lowest BCUT2D eigenvalue weighted by Crippen LogP contribution is -2.39. The zero-order chi connectivity index (χ0) is 16.0. The largest absolute Gasteiger partial charge is 0.468 e. The number of carbonyl (C=O) groups excluding carboxylic acids is 2. The van der Waals surface area contributed by atoms with E-state index < -0.39 is 17.7 Å². The van der Waals surface area contributed by atoms with E-state index in [0.717, 1.165) is 5.56 Å². The van der Waals surface area contributed by atoms with E-state index >= 15 is 0 Å². The smallest absolute Gasteiger partial charge is 0.411 e. The van der Waals surface area contributed by atoms with Crippen molar-refractivity contribution in [3.05, 3.63) is 34.9 Å². The summed E-state index contributed by atoms with van der Waals surface area (Å²) in [6, 6.07) is 7.03. The van der Waals surface area contributed by atoms with Gasteiger partial charge in [0.25, 0.3) is 0 Å². The second-order valence-electron chi connectivity index (χ2n) is 5.54. The number of halogens is 1. The molecule has 0 unspecified atom stereocenters. The fourth-order valence-electron chi connectivity index (χ4n) is 1.54. The highest BCUT2D eigenvalue weighted by Crippen LogP contribution is 2.15. The Kier molecular flexibility index (Phi) is 6.03. The molecule has 6 heteroatoms. The summed E-state index contributed by atoms with van der Waals surface area (Å²) in [7, 11) is 1.28. The monoisotopic (exact) mass is 313 g/mol. The van der Waals surface area contributed by atoms with Crippen molar-refractivity contribution in [2.45, 2.75) is 32.9 Å². The molecule has 0 aliphatic rings. The summed E-state index contributed by atoms with van der Waals surface area (Å²) in [6.45, 7) is 5.37. The molecule has 0 aromatic heterocycles. The average molecular weight is 314 g/mol. The summed E-state index contributed by atoms with van der Waals surface area (Å²) < 4.78 is 9.90. The van der Waals surface area contributed by atoms with Crippen LogP contribution in [0.5, 0.6) is 0 Å². The van der Waals surface area contributed by atoms with Crippen LogP contribution in [-0.2, 0) is 20.8 Å². The first-order chi connectivity index (χ1) is 9.71. The quantitative estimate of drug-likeness (QED) is 0.801. The number of carbonyl (C=O) groups is 2. The van der Waals surface area contributed by atoms with Crippen molar-refractivity contribution < 1.29 is 19.1 Å². The Balaban J connectivity index is 2.83. The van der Waals surface area contributed by atoms with Crippen molar-refractivity contribution >= 4 is 23.7 Å². The number of methoxy groups -OCH3 is 1. The molecule has 0 radical (unpaired) electrons. The van der Waals surface area contributed by atoms with E-state index in [9.17, 15) is 9.59 Å². The van der Waals surface area contributed by atoms with Crippen molar-refractivity contribution in [3.8, 4) is 0 Å². The van der Waals surface area contributed by atoms with E-state index in [0.29, 0.717) is 5.02 Å². The van der Waals surface area contributed by atoms with Gasteiger partial charge in [0, 0.05) is 11.6 Å². The molecule has 1 amide bonds. The van der Waals surface area contributed by atoms with Gasteiger partial charge in [-0.15, -0.1) is 0 Å². The number of rotatable bonds is 4. The van der Waals surface area contributed by atoms with Crippen molar-refractivity contribution in [2.24, 2.45) is 0 Å². The predicted molar refractivity (Wildman–Crippen MR) is 80.1 cm³/mol. The molecule has 1 rings (SSSR count). The second kappa shape index (κ2) is 7.31. The van der Waals surface area contributed by atoms with Gasteiger partial charge in [0.15, 0.2) is 0 Å². The van der Waals surface area contributed by atoms with Crippen LogP contribution in [0.15, 0.2) is 24.3 Å². The highest BCUT2D eigenvalue weighted by Gasteiger charge is 2.24. The normalized spacial score (nSPS) is 10.9. The molecule has 116 valence electrons. The minimum atomic E-state index is -0.633. The Bertz CT molecular complexity index is 493. The highest BCUT2D eigenvalue weighted by atomic mass is 35.5. The minimum absolute atomic E-state index is 0.173. The number of hydrogen-bond acceptors (Lipinski definition) is 4. The number of benzene rings is 1. The van der Waals surface area contributed by atoms with Crippen LogP contribution in [0.25, 0.3) is 0 Å². The lowest BCUT2D eigenvalue weighted by atomic mass is 10.2. The van der Waals surface area contributed by atoms with Crippen molar-refractivity contribution in [1.82, 2.24) is 4.90 Å². The molecule has 0 aliphatic carbocycles. The fraction of sp³-hybridized carbons (Fsp3) is 0.467. The maximum atomic E-state index is 12.2. The molecule has 0 saturated heterocycles. The highest BCUT2D eigenvalue weighted by molar-refractivity contribution is 6.30. The van der Waals surface area contributed by atoms with Crippen LogP contribution < -0.4 is 0 Å². The van der Waals surface area contributed by atoms with Gasteiger partial charge in [0.2, 0.25) is 0 Å². The van der Waals surface area contributed by atoms with Crippen LogP contribution in [0.4, 0.5) is 4.79 Å². The summed E-state index contributed by atoms with van der Waals surface area (Å²) in [6.07, 6.45) is -0.567. The summed E-state index contributed by atoms with van der Waals surface area (Å²) >= 11 is 5.83. The van der Waals surface area contributed by atoms with Crippen LogP contribution in [0.1, 0.15) is 26.3 Å². The van der Waals surface area contributed by atoms with Crippen molar-refractivity contribution in [1.29, 1.82) is 0 Å². The summed E-state index contributed by atoms with van der Waals surface area (Å²) in [5.74, 6) is -0.505. The molecule has 0 bridgehead atoms. The van der Waals surface area contributed by atoms with E-state index in [1.807, 2.05) is 0 Å². The Morgan fingerprint density at radius 1 is 1.19 bits per heavy atom. The van der Waals surface area contributed by atoms with E-state index in [2.05, 4.69) is 4.74 Å². The third kappa shape index (κ3) is 6.49. The summed E-state index contributed by atoms with van der Waals surface area (Å²) in [4.78, 5) is 24.9. The standard InChI is InChI=1S/C15H20ClNO4/c1-15(2,3)21-14(19)17(10-13(18)20-4)9-11-5-7-12(16)8-6-11/h5-8H,9-10H2,1-4H3. The van der Waals surface area contributed by atoms with Gasteiger partial charge in [0.1, 0.15) is 12.1 Å². The summed E-state index contributed by atoms with van der Waals surface area (Å²) in [5.41, 5.74) is 0.208. The number of ether oxygens (including phenoxy) is 2. The zero-order valence-corrected chi connectivity index (χ0v) is 13.4. The van der Waals surface area contributed by atoms with E-state index in [4.69, 9.17) is 16.3 Å². The minimum Gasteiger partial charge on any atom is -0.468 e. The van der Waals surface area contributed by atoms with Gasteiger partial charge in [-0.05, 0) is 38.5 Å². The molecule has 21 heavy (non-hydrogen) atoms. The molecule has 0 fully saturated rings. The number of esters is 1. The van der Waals surface area contributed by atoms with E-state index in [-0.39, 0.29) is 13.1 Å². The van der Waals surface area contributed by atoms with Gasteiger partial charge < -0.3 is 9.47 Å². The first-order valence-corrected chi connectivity index (χ1v) is 6.88. The van der Waals surface area contributed by atoms with Crippen LogP contribution in [-0.4, -0.2) is 36.2 Å². The molecule has 0 N–H and O–H groups in total. The Labute approximate surface area is 129 Å². The van der Waals surface area contributed by atoms with Crippen LogP contribution in [0, 0.1) is 0 Å². The van der Waals surface area contributed by atoms with Gasteiger partial charge in [-0.2, -0.15) is 0 Å². The number of amides is 1. The molecule has 0 saturated carbocycles. The maximum Gasteiger partial charge on any atom is 0.411 e. The third-order valence-corrected chi connectivity index (χ3v) is 2.74. The van der Waals surface area contributed by atoms with Gasteiger partial charge in [-0.3, -0.25) is 9.69 Å². The Morgan fingerprint density at radius 2 is 1.76 bits per heavy atom. The number of nitrogens with zero attached hydrogens (tertiary/aromatic N) is 1. The Morgan fingerprint density at radius 3 is 2.24 bits per heavy atom. The van der Waals surface area contributed by atoms with Gasteiger partial charge in [0.05, 0.1) is 7.11 Å². The molecule has 0 heterocycles. The van der Waals surface area contributed by atoms with Gasteiger partial charge >= 0.3 is 12.1 Å². The molecule has 0 atom stereocenters. The lowest BCUT2D eigenvalue weighted by molar-refractivity contribution is -0.142. The molecule has 1 aromatic carbocycles. The molecule has 1 aromatic rings. The molecule has 0 spiro atoms. The first kappa shape index (κ1) is 17.3. The molecule has 5 nitrogen and oxygen atoms in total. The lowest BCUT2D eigenvalue weighted by Gasteiger charge is -2.26.